The molecule has 0 radical (unpaired) electrons. The van der Waals surface area contributed by atoms with E-state index < -0.39 is 0 Å². The molecule has 19 heavy (non-hydrogen) atoms. The van der Waals surface area contributed by atoms with Gasteiger partial charge in [0.1, 0.15) is 11.5 Å². The van der Waals surface area contributed by atoms with Gasteiger partial charge in [-0.25, -0.2) is 0 Å². The number of rotatable bonds is 10. The molecule has 2 heteroatoms. The first-order chi connectivity index (χ1) is 9.22. The highest BCUT2D eigenvalue weighted by Gasteiger charge is 1.99. The maximum Gasteiger partial charge on any atom is 0.119 e. The van der Waals surface area contributed by atoms with Crippen LogP contribution >= 0.6 is 0 Å². The van der Waals surface area contributed by atoms with E-state index in [9.17, 15) is 10.2 Å². The monoisotopic (exact) mass is 264 g/mol. The summed E-state index contributed by atoms with van der Waals surface area (Å²) in [6.45, 7) is 2.25. The second-order valence-corrected chi connectivity index (χ2v) is 5.44. The summed E-state index contributed by atoms with van der Waals surface area (Å²) >= 11 is 0. The molecular weight excluding hydrogens is 236 g/mol. The van der Waals surface area contributed by atoms with Gasteiger partial charge >= 0.3 is 0 Å². The Kier molecular flexibility index (Phi) is 8.11. The number of benzene rings is 1. The maximum atomic E-state index is 9.38. The lowest BCUT2D eigenvalue weighted by Crippen LogP contribution is -1.87. The van der Waals surface area contributed by atoms with E-state index in [1.807, 2.05) is 0 Å². The fourth-order valence-corrected chi connectivity index (χ4v) is 2.44. The Labute approximate surface area is 117 Å². The molecule has 1 aromatic rings. The first-order valence-corrected chi connectivity index (χ1v) is 7.74. The van der Waals surface area contributed by atoms with Crippen LogP contribution in [-0.4, -0.2) is 10.2 Å². The Morgan fingerprint density at radius 3 is 1.68 bits per heavy atom. The number of aryl methyl sites for hydroxylation is 1. The summed E-state index contributed by atoms with van der Waals surface area (Å²) in [7, 11) is 0. The van der Waals surface area contributed by atoms with Crippen molar-refractivity contribution in [3.05, 3.63) is 23.8 Å². The van der Waals surface area contributed by atoms with Crippen LogP contribution in [0.4, 0.5) is 0 Å². The Morgan fingerprint density at radius 1 is 0.684 bits per heavy atom. The third kappa shape index (κ3) is 7.76. The normalized spacial score (nSPS) is 10.8. The van der Waals surface area contributed by atoms with Crippen LogP contribution < -0.4 is 0 Å². The molecule has 0 saturated heterocycles. The summed E-state index contributed by atoms with van der Waals surface area (Å²) in [5.74, 6) is 0.317. The van der Waals surface area contributed by atoms with Crippen molar-refractivity contribution in [3.63, 3.8) is 0 Å². The van der Waals surface area contributed by atoms with E-state index in [0.717, 1.165) is 18.4 Å². The molecule has 0 unspecified atom stereocenters. The van der Waals surface area contributed by atoms with Crippen molar-refractivity contribution in [2.45, 2.75) is 71.1 Å². The summed E-state index contributed by atoms with van der Waals surface area (Å²) in [5, 5.41) is 18.8. The lowest BCUT2D eigenvalue weighted by atomic mass is 10.0. The van der Waals surface area contributed by atoms with Crippen molar-refractivity contribution < 1.29 is 10.2 Å². The Hall–Kier alpha value is -1.18. The van der Waals surface area contributed by atoms with Crippen molar-refractivity contribution in [1.29, 1.82) is 0 Å². The van der Waals surface area contributed by atoms with E-state index in [1.54, 1.807) is 12.1 Å². The molecule has 0 saturated carbocycles. The summed E-state index contributed by atoms with van der Waals surface area (Å²) in [4.78, 5) is 0. The topological polar surface area (TPSA) is 40.5 Å². The van der Waals surface area contributed by atoms with Gasteiger partial charge in [-0.05, 0) is 30.5 Å². The van der Waals surface area contributed by atoms with Crippen molar-refractivity contribution in [3.8, 4) is 11.5 Å². The minimum atomic E-state index is 0.158. The van der Waals surface area contributed by atoms with Gasteiger partial charge in [0.25, 0.3) is 0 Å². The first kappa shape index (κ1) is 15.9. The molecule has 2 nitrogen and oxygen atoms in total. The number of hydrogen-bond donors (Lipinski definition) is 2. The van der Waals surface area contributed by atoms with E-state index in [4.69, 9.17) is 0 Å². The van der Waals surface area contributed by atoms with Crippen LogP contribution in [0.15, 0.2) is 18.2 Å². The van der Waals surface area contributed by atoms with Gasteiger partial charge in [0.2, 0.25) is 0 Å². The molecule has 1 aromatic carbocycles. The number of hydrogen-bond acceptors (Lipinski definition) is 2. The van der Waals surface area contributed by atoms with Crippen LogP contribution in [0.1, 0.15) is 70.3 Å². The molecule has 0 atom stereocenters. The lowest BCUT2D eigenvalue weighted by molar-refractivity contribution is 0.449. The van der Waals surface area contributed by atoms with Crippen molar-refractivity contribution in [2.24, 2.45) is 0 Å². The first-order valence-electron chi connectivity index (χ1n) is 7.74. The molecule has 1 rings (SSSR count). The third-order valence-corrected chi connectivity index (χ3v) is 3.53. The van der Waals surface area contributed by atoms with Gasteiger partial charge in [-0.15, -0.1) is 0 Å². The molecule has 0 spiro atoms. The second-order valence-electron chi connectivity index (χ2n) is 5.44. The van der Waals surface area contributed by atoms with Gasteiger partial charge in [-0.1, -0.05) is 58.3 Å². The zero-order valence-corrected chi connectivity index (χ0v) is 12.2. The molecule has 0 aliphatic heterocycles. The van der Waals surface area contributed by atoms with E-state index >= 15 is 0 Å². The Morgan fingerprint density at radius 2 is 1.16 bits per heavy atom. The van der Waals surface area contributed by atoms with Crippen molar-refractivity contribution in [2.75, 3.05) is 0 Å². The number of aromatic hydroxyl groups is 2. The molecule has 0 bridgehead atoms. The van der Waals surface area contributed by atoms with Gasteiger partial charge in [0.05, 0.1) is 0 Å². The van der Waals surface area contributed by atoms with E-state index in [0.29, 0.717) is 0 Å². The highest BCUT2D eigenvalue weighted by atomic mass is 16.3. The van der Waals surface area contributed by atoms with Gasteiger partial charge in [-0.3, -0.25) is 0 Å². The minimum Gasteiger partial charge on any atom is -0.508 e. The Bertz CT molecular complexity index is 327. The van der Waals surface area contributed by atoms with E-state index in [-0.39, 0.29) is 11.5 Å². The third-order valence-electron chi connectivity index (χ3n) is 3.53. The zero-order valence-electron chi connectivity index (χ0n) is 12.2. The average molecular weight is 264 g/mol. The van der Waals surface area contributed by atoms with E-state index in [2.05, 4.69) is 6.92 Å². The van der Waals surface area contributed by atoms with Gasteiger partial charge in [-0.2, -0.15) is 0 Å². The molecule has 0 aliphatic rings. The van der Waals surface area contributed by atoms with Crippen LogP contribution in [0.3, 0.4) is 0 Å². The predicted molar refractivity (Wildman–Crippen MR) is 80.7 cm³/mol. The zero-order chi connectivity index (χ0) is 13.9. The molecule has 0 heterocycles. The van der Waals surface area contributed by atoms with Crippen molar-refractivity contribution >= 4 is 0 Å². The van der Waals surface area contributed by atoms with Crippen LogP contribution in [0.2, 0.25) is 0 Å². The highest BCUT2D eigenvalue weighted by molar-refractivity contribution is 5.36. The fraction of sp³-hybridized carbons (Fsp3) is 0.647. The summed E-state index contributed by atoms with van der Waals surface area (Å²) < 4.78 is 0. The van der Waals surface area contributed by atoms with Gasteiger partial charge in [0, 0.05) is 6.07 Å². The number of phenolic OH excluding ortho intramolecular Hbond substituents is 2. The van der Waals surface area contributed by atoms with Crippen LogP contribution in [0, 0.1) is 0 Å². The Balaban J connectivity index is 2.01. The average Bonchev–Trinajstić information content (AvgIpc) is 2.36. The summed E-state index contributed by atoms with van der Waals surface area (Å²) in [6.07, 6.45) is 12.8. The fourth-order valence-electron chi connectivity index (χ4n) is 2.44. The smallest absolute Gasteiger partial charge is 0.119 e. The molecule has 0 amide bonds. The standard InChI is InChI=1S/C17H28O2/c1-2-3-4-5-6-7-8-9-10-11-15-12-16(18)14-17(19)13-15/h12-14,18-19H,2-11H2,1H3. The summed E-state index contributed by atoms with van der Waals surface area (Å²) in [5.41, 5.74) is 1.03. The highest BCUT2D eigenvalue weighted by Crippen LogP contribution is 2.22. The maximum absolute atomic E-state index is 9.38. The number of unbranched alkanes of at least 4 members (excludes halogenated alkanes) is 8. The molecule has 2 N–H and O–H groups in total. The number of phenols is 2. The van der Waals surface area contributed by atoms with Crippen LogP contribution in [0.25, 0.3) is 0 Å². The predicted octanol–water partition coefficient (Wildman–Crippen LogP) is 5.17. The molecular formula is C17H28O2. The minimum absolute atomic E-state index is 0.158. The SMILES string of the molecule is CCCCCCCCCCCc1cc(O)cc(O)c1. The molecule has 0 fully saturated rings. The quantitative estimate of drug-likeness (QED) is 0.572. The van der Waals surface area contributed by atoms with E-state index in [1.165, 1.54) is 57.4 Å². The molecule has 108 valence electrons. The second kappa shape index (κ2) is 9.71. The molecule has 0 aliphatic carbocycles. The van der Waals surface area contributed by atoms with Crippen LogP contribution in [0.5, 0.6) is 11.5 Å². The van der Waals surface area contributed by atoms with Gasteiger partial charge < -0.3 is 10.2 Å². The summed E-state index contributed by atoms with van der Waals surface area (Å²) in [6, 6.07) is 4.86. The molecule has 0 aromatic heterocycles. The van der Waals surface area contributed by atoms with Gasteiger partial charge in [0.15, 0.2) is 0 Å². The van der Waals surface area contributed by atoms with Crippen molar-refractivity contribution in [1.82, 2.24) is 0 Å². The van der Waals surface area contributed by atoms with Crippen LogP contribution in [-0.2, 0) is 6.42 Å². The lowest BCUT2D eigenvalue weighted by Gasteiger charge is -2.04. The largest absolute Gasteiger partial charge is 0.508 e.